The van der Waals surface area contributed by atoms with Gasteiger partial charge in [-0.25, -0.2) is 0 Å². The highest BCUT2D eigenvalue weighted by Crippen LogP contribution is 1.90. The molecule has 0 unspecified atom stereocenters. The number of rotatable bonds is 16. The van der Waals surface area contributed by atoms with E-state index in [4.69, 9.17) is 25.2 Å². The minimum Gasteiger partial charge on any atom is -0.411 e. The number of oxime groups is 1. The molecule has 9 heteroatoms. The van der Waals surface area contributed by atoms with Gasteiger partial charge in [-0.05, 0) is 19.4 Å². The van der Waals surface area contributed by atoms with Crippen LogP contribution in [0.25, 0.3) is 0 Å². The summed E-state index contributed by atoms with van der Waals surface area (Å²) in [7, 11) is 0. The van der Waals surface area contributed by atoms with E-state index in [1.807, 2.05) is 0 Å². The molecular formula is C18H31N4O5+. The highest BCUT2D eigenvalue weighted by molar-refractivity contribution is 5.78. The Kier molecular flexibility index (Phi) is 13.7. The molecular weight excluding hydrogens is 352 g/mol. The maximum Gasteiger partial charge on any atom is 0.285 e. The number of aromatic nitrogens is 1. The van der Waals surface area contributed by atoms with Crippen LogP contribution in [-0.2, 0) is 25.5 Å². The number of hydrogen-bond acceptors (Lipinski definition) is 7. The molecule has 0 saturated heterocycles. The molecule has 0 aliphatic carbocycles. The van der Waals surface area contributed by atoms with Gasteiger partial charge in [0, 0.05) is 37.5 Å². The highest BCUT2D eigenvalue weighted by Gasteiger charge is 2.08. The third-order valence-electron chi connectivity index (χ3n) is 3.47. The smallest absolute Gasteiger partial charge is 0.285 e. The molecule has 9 nitrogen and oxygen atoms in total. The van der Waals surface area contributed by atoms with Crippen molar-refractivity contribution in [3.63, 3.8) is 0 Å². The summed E-state index contributed by atoms with van der Waals surface area (Å²) in [6.45, 7) is 4.85. The van der Waals surface area contributed by atoms with Gasteiger partial charge in [-0.2, -0.15) is 4.57 Å². The second-order valence-electron chi connectivity index (χ2n) is 5.73. The fraction of sp³-hybridized carbons (Fsp3) is 0.611. The number of nitrogens with zero attached hydrogens (tertiary/aromatic N) is 2. The molecule has 0 aliphatic rings. The van der Waals surface area contributed by atoms with Crippen LogP contribution >= 0.6 is 0 Å². The van der Waals surface area contributed by atoms with Crippen molar-refractivity contribution < 1.29 is 28.8 Å². The summed E-state index contributed by atoms with van der Waals surface area (Å²) in [5.41, 5.74) is 6.12. The van der Waals surface area contributed by atoms with Gasteiger partial charge in [0.2, 0.25) is 6.54 Å². The van der Waals surface area contributed by atoms with Crippen molar-refractivity contribution in [2.24, 2.45) is 10.9 Å². The minimum absolute atomic E-state index is 0.0680. The summed E-state index contributed by atoms with van der Waals surface area (Å²) in [5, 5.41) is 14.3. The molecule has 1 aromatic rings. The molecule has 0 fully saturated rings. The molecule has 0 spiro atoms. The fourth-order valence-corrected chi connectivity index (χ4v) is 2.08. The zero-order valence-corrected chi connectivity index (χ0v) is 15.7. The predicted molar refractivity (Wildman–Crippen MR) is 99.8 cm³/mol. The lowest BCUT2D eigenvalue weighted by Crippen LogP contribution is -2.42. The number of carbonyl (C=O) groups excluding carboxylic acids is 1. The Morgan fingerprint density at radius 1 is 1.07 bits per heavy atom. The molecule has 152 valence electrons. The number of amides is 1. The van der Waals surface area contributed by atoms with Gasteiger partial charge in [0.05, 0.1) is 32.6 Å². The molecule has 0 bridgehead atoms. The Hall–Kier alpha value is -2.07. The summed E-state index contributed by atoms with van der Waals surface area (Å²) in [5.74, 6) is -0.0680. The molecule has 1 heterocycles. The molecule has 0 radical (unpaired) electrons. The number of nitrogens with two attached hydrogens (primary N) is 1. The van der Waals surface area contributed by atoms with Crippen LogP contribution in [0.4, 0.5) is 0 Å². The van der Waals surface area contributed by atoms with Crippen LogP contribution < -0.4 is 15.6 Å². The summed E-state index contributed by atoms with van der Waals surface area (Å²) in [6, 6.07) is 3.52. The molecule has 0 saturated carbocycles. The average molecular weight is 383 g/mol. The average Bonchev–Trinajstić information content (AvgIpc) is 2.67. The van der Waals surface area contributed by atoms with Crippen LogP contribution in [0.2, 0.25) is 0 Å². The zero-order valence-electron chi connectivity index (χ0n) is 15.7. The number of carbonyl (C=O) groups is 1. The number of hydrogen-bond donors (Lipinski definition) is 3. The van der Waals surface area contributed by atoms with Crippen LogP contribution in [0.5, 0.6) is 0 Å². The molecule has 1 aromatic heterocycles. The Bertz CT molecular complexity index is 525. The van der Waals surface area contributed by atoms with Crippen LogP contribution in [0.1, 0.15) is 18.4 Å². The largest absolute Gasteiger partial charge is 0.411 e. The second-order valence-corrected chi connectivity index (χ2v) is 5.73. The molecule has 4 N–H and O–H groups in total. The molecule has 0 aliphatic heterocycles. The van der Waals surface area contributed by atoms with E-state index in [9.17, 15) is 4.79 Å². The summed E-state index contributed by atoms with van der Waals surface area (Å²) >= 11 is 0. The standard InChI is InChI=1S/C18H30N4O5/c19-5-1-9-25-11-13-27-14-12-26-10-2-6-20-18(23)16-22-7-3-17(4-8-22)15-21-24/h3-4,7-8,15H,1-2,5-6,9-14,16,19H2,(H,20,23)/p+1. The van der Waals surface area contributed by atoms with Crippen molar-refractivity contribution in [2.75, 3.05) is 52.7 Å². The van der Waals surface area contributed by atoms with E-state index in [0.29, 0.717) is 52.7 Å². The van der Waals surface area contributed by atoms with Gasteiger partial charge in [-0.15, -0.1) is 0 Å². The fourth-order valence-electron chi connectivity index (χ4n) is 2.08. The predicted octanol–water partition coefficient (Wildman–Crippen LogP) is -0.313. The Morgan fingerprint density at radius 3 is 2.26 bits per heavy atom. The molecule has 0 atom stereocenters. The van der Waals surface area contributed by atoms with E-state index in [0.717, 1.165) is 18.4 Å². The van der Waals surface area contributed by atoms with Gasteiger partial charge in [-0.3, -0.25) is 4.79 Å². The minimum atomic E-state index is -0.0680. The third-order valence-corrected chi connectivity index (χ3v) is 3.47. The van der Waals surface area contributed by atoms with Crippen molar-refractivity contribution in [3.05, 3.63) is 30.1 Å². The van der Waals surface area contributed by atoms with Crippen molar-refractivity contribution in [2.45, 2.75) is 19.4 Å². The molecule has 1 rings (SSSR count). The Balaban J connectivity index is 1.92. The van der Waals surface area contributed by atoms with E-state index in [2.05, 4.69) is 10.5 Å². The van der Waals surface area contributed by atoms with Gasteiger partial charge < -0.3 is 30.5 Å². The van der Waals surface area contributed by atoms with Crippen molar-refractivity contribution in [1.29, 1.82) is 0 Å². The lowest BCUT2D eigenvalue weighted by atomic mass is 10.3. The number of ether oxygens (including phenoxy) is 3. The monoisotopic (exact) mass is 383 g/mol. The van der Waals surface area contributed by atoms with Gasteiger partial charge >= 0.3 is 0 Å². The van der Waals surface area contributed by atoms with E-state index < -0.39 is 0 Å². The summed E-state index contributed by atoms with van der Waals surface area (Å²) < 4.78 is 17.9. The van der Waals surface area contributed by atoms with Gasteiger partial charge in [0.25, 0.3) is 5.91 Å². The van der Waals surface area contributed by atoms with Crippen molar-refractivity contribution >= 4 is 12.1 Å². The Morgan fingerprint density at radius 2 is 1.67 bits per heavy atom. The lowest BCUT2D eigenvalue weighted by molar-refractivity contribution is -0.684. The van der Waals surface area contributed by atoms with E-state index in [-0.39, 0.29) is 12.5 Å². The van der Waals surface area contributed by atoms with Gasteiger partial charge in [-0.1, -0.05) is 5.16 Å². The first-order chi connectivity index (χ1) is 13.3. The maximum atomic E-state index is 11.8. The summed E-state index contributed by atoms with van der Waals surface area (Å²) in [6.07, 6.45) is 6.44. The maximum absolute atomic E-state index is 11.8. The number of nitrogens with one attached hydrogen (secondary N) is 1. The van der Waals surface area contributed by atoms with Crippen molar-refractivity contribution in [3.8, 4) is 0 Å². The van der Waals surface area contributed by atoms with Crippen LogP contribution in [-0.4, -0.2) is 70.1 Å². The molecule has 1 amide bonds. The highest BCUT2D eigenvalue weighted by atomic mass is 16.5. The van der Waals surface area contributed by atoms with E-state index in [1.165, 1.54) is 6.21 Å². The normalized spacial score (nSPS) is 11.1. The number of pyridine rings is 1. The van der Waals surface area contributed by atoms with Crippen LogP contribution in [0, 0.1) is 0 Å². The topological polar surface area (TPSA) is 119 Å². The second kappa shape index (κ2) is 16.1. The first-order valence-electron chi connectivity index (χ1n) is 9.13. The van der Waals surface area contributed by atoms with E-state index in [1.54, 1.807) is 29.1 Å². The Labute approximate surface area is 160 Å². The van der Waals surface area contributed by atoms with Crippen LogP contribution in [0.3, 0.4) is 0 Å². The van der Waals surface area contributed by atoms with Gasteiger partial charge in [0.15, 0.2) is 12.4 Å². The zero-order chi connectivity index (χ0) is 19.6. The van der Waals surface area contributed by atoms with Crippen LogP contribution in [0.15, 0.2) is 29.7 Å². The first-order valence-corrected chi connectivity index (χ1v) is 9.13. The SMILES string of the molecule is NCCCOCCOCCOCCCNC(=O)C[n+]1ccc(/C=N/O)cc1. The molecule has 27 heavy (non-hydrogen) atoms. The summed E-state index contributed by atoms with van der Waals surface area (Å²) in [4.78, 5) is 11.8. The lowest BCUT2D eigenvalue weighted by Gasteiger charge is -2.07. The molecule has 0 aromatic carbocycles. The first kappa shape index (κ1) is 23.0. The quantitative estimate of drug-likeness (QED) is 0.118. The van der Waals surface area contributed by atoms with Crippen molar-refractivity contribution in [1.82, 2.24) is 5.32 Å². The third kappa shape index (κ3) is 12.8. The van der Waals surface area contributed by atoms with Gasteiger partial charge in [0.1, 0.15) is 0 Å². The van der Waals surface area contributed by atoms with E-state index >= 15 is 0 Å².